The van der Waals surface area contributed by atoms with E-state index in [0.717, 1.165) is 25.7 Å². The van der Waals surface area contributed by atoms with Crippen molar-refractivity contribution in [2.75, 3.05) is 14.1 Å². The maximum Gasteiger partial charge on any atom is 0.228 e. The molecule has 1 rings (SSSR count). The number of amides is 1. The second-order valence-electron chi connectivity index (χ2n) is 4.39. The second-order valence-corrected chi connectivity index (χ2v) is 4.39. The predicted octanol–water partition coefficient (Wildman–Crippen LogP) is 1.02. The maximum absolute atomic E-state index is 11.7. The Morgan fingerprint density at radius 3 is 2.54 bits per heavy atom. The Bertz CT molecular complexity index is 199. The van der Waals surface area contributed by atoms with E-state index in [1.165, 1.54) is 0 Å². The van der Waals surface area contributed by atoms with E-state index in [-0.39, 0.29) is 11.8 Å². The van der Waals surface area contributed by atoms with Gasteiger partial charge in [-0.05, 0) is 19.8 Å². The van der Waals surface area contributed by atoms with E-state index in [4.69, 9.17) is 0 Å². The van der Waals surface area contributed by atoms with Gasteiger partial charge in [0.05, 0.1) is 11.5 Å². The molecule has 3 heteroatoms. The summed E-state index contributed by atoms with van der Waals surface area (Å²) in [6.07, 6.45) is 3.66. The number of nitrogens with zero attached hydrogens (tertiary/aromatic N) is 1. The van der Waals surface area contributed by atoms with Crippen LogP contribution in [0.2, 0.25) is 0 Å². The smallest absolute Gasteiger partial charge is 0.228 e. The molecule has 0 saturated heterocycles. The van der Waals surface area contributed by atoms with Crippen LogP contribution in [0.5, 0.6) is 0 Å². The van der Waals surface area contributed by atoms with E-state index in [1.807, 2.05) is 0 Å². The standard InChI is InChI=1S/C10H19NO2/c1-10(13)7-5-4-6-8(10)9(12)11(2)3/h8,13H,4-7H2,1-3H3. The largest absolute Gasteiger partial charge is 0.389 e. The molecule has 1 fully saturated rings. The van der Waals surface area contributed by atoms with Gasteiger partial charge in [0.2, 0.25) is 5.91 Å². The Hall–Kier alpha value is -0.570. The van der Waals surface area contributed by atoms with E-state index < -0.39 is 5.60 Å². The van der Waals surface area contributed by atoms with Crippen molar-refractivity contribution in [3.63, 3.8) is 0 Å². The van der Waals surface area contributed by atoms with E-state index in [2.05, 4.69) is 0 Å². The summed E-state index contributed by atoms with van der Waals surface area (Å²) >= 11 is 0. The molecule has 2 atom stereocenters. The van der Waals surface area contributed by atoms with E-state index in [0.29, 0.717) is 0 Å². The summed E-state index contributed by atoms with van der Waals surface area (Å²) < 4.78 is 0. The Balaban J connectivity index is 2.71. The number of hydrogen-bond donors (Lipinski definition) is 1. The summed E-state index contributed by atoms with van der Waals surface area (Å²) in [7, 11) is 3.49. The lowest BCUT2D eigenvalue weighted by Gasteiger charge is -2.37. The van der Waals surface area contributed by atoms with Gasteiger partial charge in [-0.2, -0.15) is 0 Å². The predicted molar refractivity (Wildman–Crippen MR) is 51.3 cm³/mol. The summed E-state index contributed by atoms with van der Waals surface area (Å²) in [5.41, 5.74) is -0.792. The molecule has 3 nitrogen and oxygen atoms in total. The van der Waals surface area contributed by atoms with Gasteiger partial charge in [-0.25, -0.2) is 0 Å². The quantitative estimate of drug-likeness (QED) is 0.662. The number of carbonyl (C=O) groups is 1. The fourth-order valence-corrected chi connectivity index (χ4v) is 2.02. The first kappa shape index (κ1) is 10.5. The van der Waals surface area contributed by atoms with Gasteiger partial charge in [-0.1, -0.05) is 12.8 Å². The average Bonchev–Trinajstić information content (AvgIpc) is 2.02. The highest BCUT2D eigenvalue weighted by molar-refractivity contribution is 5.79. The van der Waals surface area contributed by atoms with Crippen molar-refractivity contribution in [1.29, 1.82) is 0 Å². The molecule has 13 heavy (non-hydrogen) atoms. The van der Waals surface area contributed by atoms with Crippen molar-refractivity contribution >= 4 is 5.91 Å². The fourth-order valence-electron chi connectivity index (χ4n) is 2.02. The Morgan fingerprint density at radius 2 is 2.08 bits per heavy atom. The Kier molecular flexibility index (Phi) is 2.96. The summed E-state index contributed by atoms with van der Waals surface area (Å²) in [5, 5.41) is 10.0. The van der Waals surface area contributed by atoms with Gasteiger partial charge in [0.15, 0.2) is 0 Å². The molecule has 1 amide bonds. The summed E-state index contributed by atoms with van der Waals surface area (Å²) in [5.74, 6) is -0.138. The highest BCUT2D eigenvalue weighted by Gasteiger charge is 2.39. The van der Waals surface area contributed by atoms with Gasteiger partial charge in [0.25, 0.3) is 0 Å². The molecule has 0 bridgehead atoms. The molecule has 0 aromatic carbocycles. The molecule has 0 aliphatic heterocycles. The van der Waals surface area contributed by atoms with Crippen LogP contribution in [-0.2, 0) is 4.79 Å². The maximum atomic E-state index is 11.7. The molecule has 0 heterocycles. The lowest BCUT2D eigenvalue weighted by molar-refractivity contribution is -0.145. The first-order valence-corrected chi connectivity index (χ1v) is 4.88. The Morgan fingerprint density at radius 1 is 1.46 bits per heavy atom. The molecule has 0 aromatic rings. The highest BCUT2D eigenvalue weighted by Crippen LogP contribution is 2.34. The van der Waals surface area contributed by atoms with Crippen LogP contribution in [0.3, 0.4) is 0 Å². The lowest BCUT2D eigenvalue weighted by Crippen LogP contribution is -2.46. The van der Waals surface area contributed by atoms with Crippen LogP contribution in [0.15, 0.2) is 0 Å². The van der Waals surface area contributed by atoms with Crippen molar-refractivity contribution < 1.29 is 9.90 Å². The van der Waals surface area contributed by atoms with Gasteiger partial charge < -0.3 is 10.0 Å². The molecule has 0 aromatic heterocycles. The normalized spacial score (nSPS) is 34.3. The minimum absolute atomic E-state index is 0.0599. The topological polar surface area (TPSA) is 40.5 Å². The van der Waals surface area contributed by atoms with Crippen molar-refractivity contribution in [2.45, 2.75) is 38.2 Å². The minimum atomic E-state index is -0.792. The van der Waals surface area contributed by atoms with Gasteiger partial charge in [0, 0.05) is 14.1 Å². The zero-order chi connectivity index (χ0) is 10.1. The van der Waals surface area contributed by atoms with Crippen LogP contribution >= 0.6 is 0 Å². The molecular weight excluding hydrogens is 166 g/mol. The summed E-state index contributed by atoms with van der Waals surface area (Å²) in [6, 6.07) is 0. The molecule has 1 aliphatic rings. The third-order valence-corrected chi connectivity index (χ3v) is 2.92. The average molecular weight is 185 g/mol. The highest BCUT2D eigenvalue weighted by atomic mass is 16.3. The number of rotatable bonds is 1. The van der Waals surface area contributed by atoms with Gasteiger partial charge in [0.1, 0.15) is 0 Å². The third kappa shape index (κ3) is 2.21. The lowest BCUT2D eigenvalue weighted by atomic mass is 9.76. The molecule has 0 radical (unpaired) electrons. The van der Waals surface area contributed by atoms with E-state index in [1.54, 1.807) is 25.9 Å². The van der Waals surface area contributed by atoms with Crippen LogP contribution < -0.4 is 0 Å². The Labute approximate surface area is 79.7 Å². The fraction of sp³-hybridized carbons (Fsp3) is 0.900. The molecule has 0 spiro atoms. The van der Waals surface area contributed by atoms with E-state index in [9.17, 15) is 9.90 Å². The molecule has 2 unspecified atom stereocenters. The van der Waals surface area contributed by atoms with Crippen LogP contribution in [0, 0.1) is 5.92 Å². The zero-order valence-electron chi connectivity index (χ0n) is 8.71. The van der Waals surface area contributed by atoms with Crippen LogP contribution in [0.25, 0.3) is 0 Å². The van der Waals surface area contributed by atoms with Crippen molar-refractivity contribution in [1.82, 2.24) is 4.90 Å². The molecular formula is C10H19NO2. The SMILES string of the molecule is CN(C)C(=O)C1CCCCC1(C)O. The first-order valence-electron chi connectivity index (χ1n) is 4.88. The minimum Gasteiger partial charge on any atom is -0.389 e. The molecule has 76 valence electrons. The van der Waals surface area contributed by atoms with Crippen molar-refractivity contribution in [3.05, 3.63) is 0 Å². The van der Waals surface area contributed by atoms with Gasteiger partial charge >= 0.3 is 0 Å². The van der Waals surface area contributed by atoms with Crippen LogP contribution in [0.1, 0.15) is 32.6 Å². The molecule has 1 N–H and O–H groups in total. The molecule has 1 saturated carbocycles. The summed E-state index contributed by atoms with van der Waals surface area (Å²) in [4.78, 5) is 13.3. The van der Waals surface area contributed by atoms with E-state index >= 15 is 0 Å². The summed E-state index contributed by atoms with van der Waals surface area (Å²) in [6.45, 7) is 1.78. The molecule has 1 aliphatic carbocycles. The van der Waals surface area contributed by atoms with Crippen molar-refractivity contribution in [2.24, 2.45) is 5.92 Å². The number of carbonyl (C=O) groups excluding carboxylic acids is 1. The number of hydrogen-bond acceptors (Lipinski definition) is 2. The third-order valence-electron chi connectivity index (χ3n) is 2.92. The zero-order valence-corrected chi connectivity index (χ0v) is 8.71. The monoisotopic (exact) mass is 185 g/mol. The van der Waals surface area contributed by atoms with Gasteiger partial charge in [-0.15, -0.1) is 0 Å². The number of aliphatic hydroxyl groups is 1. The van der Waals surface area contributed by atoms with Crippen molar-refractivity contribution in [3.8, 4) is 0 Å². The first-order chi connectivity index (χ1) is 5.95. The van der Waals surface area contributed by atoms with Crippen LogP contribution in [-0.4, -0.2) is 35.6 Å². The van der Waals surface area contributed by atoms with Gasteiger partial charge in [-0.3, -0.25) is 4.79 Å². The van der Waals surface area contributed by atoms with Crippen LogP contribution in [0.4, 0.5) is 0 Å². The second kappa shape index (κ2) is 3.66.